The van der Waals surface area contributed by atoms with Gasteiger partial charge >= 0.3 is 0 Å². The maximum absolute atomic E-state index is 13.2. The minimum absolute atomic E-state index is 0.0739. The molecule has 126 valence electrons. The Kier molecular flexibility index (Phi) is 4.12. The molecule has 1 unspecified atom stereocenters. The molecule has 4 rings (SSSR count). The predicted molar refractivity (Wildman–Crippen MR) is 92.4 cm³/mol. The zero-order valence-corrected chi connectivity index (χ0v) is 14.3. The second-order valence-electron chi connectivity index (χ2n) is 6.41. The van der Waals surface area contributed by atoms with Crippen molar-refractivity contribution in [3.8, 4) is 0 Å². The molecule has 0 spiro atoms. The van der Waals surface area contributed by atoms with E-state index in [0.717, 1.165) is 30.4 Å². The SMILES string of the molecule is O=S(=O)(N1CCc2ccccc2C1)N1CCCC1c1ccncc1. The molecular weight excluding hydrogens is 322 g/mol. The second-order valence-corrected chi connectivity index (χ2v) is 8.29. The van der Waals surface area contributed by atoms with Crippen molar-refractivity contribution >= 4 is 10.2 Å². The van der Waals surface area contributed by atoms with Crippen LogP contribution in [0.2, 0.25) is 0 Å². The zero-order valence-electron chi connectivity index (χ0n) is 13.5. The average Bonchev–Trinajstić information content (AvgIpc) is 3.13. The molecule has 1 aromatic heterocycles. The van der Waals surface area contributed by atoms with Gasteiger partial charge in [-0.1, -0.05) is 24.3 Å². The van der Waals surface area contributed by atoms with Gasteiger partial charge in [0.25, 0.3) is 10.2 Å². The molecule has 0 radical (unpaired) electrons. The topological polar surface area (TPSA) is 53.5 Å². The summed E-state index contributed by atoms with van der Waals surface area (Å²) in [5.41, 5.74) is 3.41. The number of pyridine rings is 1. The maximum atomic E-state index is 13.2. The summed E-state index contributed by atoms with van der Waals surface area (Å²) in [5.74, 6) is 0. The van der Waals surface area contributed by atoms with Gasteiger partial charge in [-0.15, -0.1) is 0 Å². The number of fused-ring (bicyclic) bond motifs is 1. The van der Waals surface area contributed by atoms with Crippen molar-refractivity contribution in [2.45, 2.75) is 31.8 Å². The van der Waals surface area contributed by atoms with Crippen LogP contribution in [0.5, 0.6) is 0 Å². The highest BCUT2D eigenvalue weighted by atomic mass is 32.2. The van der Waals surface area contributed by atoms with Crippen molar-refractivity contribution in [1.82, 2.24) is 13.6 Å². The van der Waals surface area contributed by atoms with Crippen molar-refractivity contribution in [1.29, 1.82) is 0 Å². The lowest BCUT2D eigenvalue weighted by Gasteiger charge is -2.34. The third-order valence-corrected chi connectivity index (χ3v) is 7.01. The predicted octanol–water partition coefficient (Wildman–Crippen LogP) is 2.52. The van der Waals surface area contributed by atoms with Gasteiger partial charge in [0.15, 0.2) is 0 Å². The molecule has 2 aliphatic rings. The first-order valence-electron chi connectivity index (χ1n) is 8.40. The molecular formula is C18H21N3O2S. The van der Waals surface area contributed by atoms with Crippen molar-refractivity contribution in [3.63, 3.8) is 0 Å². The average molecular weight is 343 g/mol. The van der Waals surface area contributed by atoms with Gasteiger partial charge in [0.2, 0.25) is 0 Å². The van der Waals surface area contributed by atoms with Crippen LogP contribution >= 0.6 is 0 Å². The third kappa shape index (κ3) is 2.75. The van der Waals surface area contributed by atoms with E-state index >= 15 is 0 Å². The molecule has 0 saturated carbocycles. The summed E-state index contributed by atoms with van der Waals surface area (Å²) in [6.07, 6.45) is 6.01. The smallest absolute Gasteiger partial charge is 0.265 e. The Hall–Kier alpha value is -1.76. The molecule has 0 amide bonds. The molecule has 1 atom stereocenters. The molecule has 1 aromatic carbocycles. The lowest BCUT2D eigenvalue weighted by Crippen LogP contribution is -2.45. The lowest BCUT2D eigenvalue weighted by atomic mass is 10.0. The lowest BCUT2D eigenvalue weighted by molar-refractivity contribution is 0.316. The van der Waals surface area contributed by atoms with Crippen LogP contribution in [0.1, 0.15) is 35.6 Å². The molecule has 1 fully saturated rings. The van der Waals surface area contributed by atoms with Crippen molar-refractivity contribution < 1.29 is 8.42 Å². The fraction of sp³-hybridized carbons (Fsp3) is 0.389. The highest BCUT2D eigenvalue weighted by Gasteiger charge is 2.39. The van der Waals surface area contributed by atoms with Crippen LogP contribution in [-0.2, 0) is 23.2 Å². The van der Waals surface area contributed by atoms with E-state index in [-0.39, 0.29) is 6.04 Å². The van der Waals surface area contributed by atoms with Gasteiger partial charge in [-0.2, -0.15) is 17.0 Å². The summed E-state index contributed by atoms with van der Waals surface area (Å²) in [6, 6.07) is 11.9. The minimum Gasteiger partial charge on any atom is -0.265 e. The molecule has 0 N–H and O–H groups in total. The molecule has 0 aliphatic carbocycles. The van der Waals surface area contributed by atoms with Gasteiger partial charge in [0.05, 0.1) is 6.04 Å². The van der Waals surface area contributed by atoms with Crippen LogP contribution in [0.25, 0.3) is 0 Å². The quantitative estimate of drug-likeness (QED) is 0.860. The number of rotatable bonds is 3. The van der Waals surface area contributed by atoms with Crippen LogP contribution in [-0.4, -0.2) is 35.1 Å². The van der Waals surface area contributed by atoms with Gasteiger partial charge in [-0.25, -0.2) is 0 Å². The molecule has 6 heteroatoms. The minimum atomic E-state index is -3.46. The van der Waals surface area contributed by atoms with E-state index in [2.05, 4.69) is 11.1 Å². The molecule has 0 bridgehead atoms. The second kappa shape index (κ2) is 6.27. The zero-order chi connectivity index (χ0) is 16.6. The number of nitrogens with zero attached hydrogens (tertiary/aromatic N) is 3. The summed E-state index contributed by atoms with van der Waals surface area (Å²) in [7, 11) is -3.46. The summed E-state index contributed by atoms with van der Waals surface area (Å²) < 4.78 is 29.7. The van der Waals surface area contributed by atoms with Gasteiger partial charge in [-0.3, -0.25) is 4.98 Å². The number of hydrogen-bond acceptors (Lipinski definition) is 3. The Morgan fingerprint density at radius 1 is 1.00 bits per heavy atom. The van der Waals surface area contributed by atoms with E-state index < -0.39 is 10.2 Å². The number of benzene rings is 1. The third-order valence-electron chi connectivity index (χ3n) is 5.01. The van der Waals surface area contributed by atoms with Crippen molar-refractivity contribution in [2.24, 2.45) is 0 Å². The highest BCUT2D eigenvalue weighted by Crippen LogP contribution is 2.36. The summed E-state index contributed by atoms with van der Waals surface area (Å²) in [6.45, 7) is 1.62. The van der Waals surface area contributed by atoms with Crippen LogP contribution in [0.4, 0.5) is 0 Å². The molecule has 2 aromatic rings. The Morgan fingerprint density at radius 3 is 2.54 bits per heavy atom. The molecule has 3 heterocycles. The first-order valence-corrected chi connectivity index (χ1v) is 9.79. The first kappa shape index (κ1) is 15.7. The molecule has 5 nitrogen and oxygen atoms in total. The normalized spacial score (nSPS) is 22.4. The van der Waals surface area contributed by atoms with Crippen LogP contribution in [0.3, 0.4) is 0 Å². The van der Waals surface area contributed by atoms with E-state index in [1.165, 1.54) is 5.56 Å². The van der Waals surface area contributed by atoms with E-state index in [0.29, 0.717) is 19.6 Å². The van der Waals surface area contributed by atoms with Gasteiger partial charge in [0, 0.05) is 32.0 Å². The van der Waals surface area contributed by atoms with Crippen LogP contribution in [0, 0.1) is 0 Å². The first-order chi connectivity index (χ1) is 11.7. The molecule has 2 aliphatic heterocycles. The Balaban J connectivity index is 1.61. The van der Waals surface area contributed by atoms with Gasteiger partial charge in [0.1, 0.15) is 0 Å². The largest absolute Gasteiger partial charge is 0.282 e. The monoisotopic (exact) mass is 343 g/mol. The number of hydrogen-bond donors (Lipinski definition) is 0. The standard InChI is InChI=1S/C18H21N3O2S/c22-24(23,20-13-9-15-4-1-2-5-17(15)14-20)21-12-3-6-18(21)16-7-10-19-11-8-16/h1-2,4-5,7-8,10-11,18H,3,6,9,12-14H2. The van der Waals surface area contributed by atoms with Crippen molar-refractivity contribution in [2.75, 3.05) is 13.1 Å². The Labute approximate surface area is 143 Å². The fourth-order valence-electron chi connectivity index (χ4n) is 3.75. The van der Waals surface area contributed by atoms with Crippen LogP contribution < -0.4 is 0 Å². The van der Waals surface area contributed by atoms with E-state index in [1.54, 1.807) is 21.0 Å². The maximum Gasteiger partial charge on any atom is 0.282 e. The van der Waals surface area contributed by atoms with Crippen molar-refractivity contribution in [3.05, 3.63) is 65.5 Å². The molecule has 1 saturated heterocycles. The van der Waals surface area contributed by atoms with Crippen LogP contribution in [0.15, 0.2) is 48.8 Å². The van der Waals surface area contributed by atoms with E-state index in [9.17, 15) is 8.42 Å². The Bertz CT molecular complexity index is 823. The summed E-state index contributed by atoms with van der Waals surface area (Å²) >= 11 is 0. The molecule has 24 heavy (non-hydrogen) atoms. The number of aromatic nitrogens is 1. The summed E-state index contributed by atoms with van der Waals surface area (Å²) in [4.78, 5) is 4.04. The van der Waals surface area contributed by atoms with E-state index in [4.69, 9.17) is 0 Å². The summed E-state index contributed by atoms with van der Waals surface area (Å²) in [5, 5.41) is 0. The fourth-order valence-corrected chi connectivity index (χ4v) is 5.58. The Morgan fingerprint density at radius 2 is 1.75 bits per heavy atom. The van der Waals surface area contributed by atoms with E-state index in [1.807, 2.05) is 30.3 Å². The van der Waals surface area contributed by atoms with Gasteiger partial charge < -0.3 is 0 Å². The highest BCUT2D eigenvalue weighted by molar-refractivity contribution is 7.86. The van der Waals surface area contributed by atoms with Gasteiger partial charge in [-0.05, 0) is 48.1 Å².